The van der Waals surface area contributed by atoms with E-state index in [4.69, 9.17) is 17.3 Å². The molecule has 0 aliphatic rings. The van der Waals surface area contributed by atoms with Crippen LogP contribution in [-0.2, 0) is 6.42 Å². The van der Waals surface area contributed by atoms with Crippen molar-refractivity contribution in [3.63, 3.8) is 0 Å². The van der Waals surface area contributed by atoms with E-state index in [9.17, 15) is 0 Å². The molecule has 0 aliphatic heterocycles. The highest BCUT2D eigenvalue weighted by Crippen LogP contribution is 2.24. The summed E-state index contributed by atoms with van der Waals surface area (Å²) < 4.78 is 0. The summed E-state index contributed by atoms with van der Waals surface area (Å²) in [6.07, 6.45) is 2.07. The van der Waals surface area contributed by atoms with Crippen molar-refractivity contribution in [1.29, 1.82) is 0 Å². The first-order valence-corrected chi connectivity index (χ1v) is 5.56. The largest absolute Gasteiger partial charge is 0.330 e. The molecule has 0 unspecified atom stereocenters. The van der Waals surface area contributed by atoms with Gasteiger partial charge in [-0.2, -0.15) is 0 Å². The Morgan fingerprint density at radius 1 is 1.13 bits per heavy atom. The Labute approximate surface area is 94.9 Å². The Kier molecular flexibility index (Phi) is 3.24. The first-order valence-electron chi connectivity index (χ1n) is 5.18. The van der Waals surface area contributed by atoms with Gasteiger partial charge in [-0.15, -0.1) is 0 Å². The molecule has 0 aliphatic carbocycles. The molecular weight excluding hydrogens is 206 g/mol. The highest BCUT2D eigenvalue weighted by atomic mass is 35.5. The van der Waals surface area contributed by atoms with Gasteiger partial charge in [-0.1, -0.05) is 41.9 Å². The van der Waals surface area contributed by atoms with E-state index in [1.54, 1.807) is 0 Å². The van der Waals surface area contributed by atoms with Gasteiger partial charge in [0, 0.05) is 10.4 Å². The molecule has 0 bridgehead atoms. The van der Waals surface area contributed by atoms with Gasteiger partial charge in [0.05, 0.1) is 0 Å². The average Bonchev–Trinajstić information content (AvgIpc) is 2.26. The second-order valence-electron chi connectivity index (χ2n) is 3.69. The lowest BCUT2D eigenvalue weighted by Crippen LogP contribution is -2.00. The Morgan fingerprint density at radius 3 is 2.80 bits per heavy atom. The summed E-state index contributed by atoms with van der Waals surface area (Å²) in [6.45, 7) is 0.744. The molecule has 0 radical (unpaired) electrons. The summed E-state index contributed by atoms with van der Waals surface area (Å²) in [5, 5.41) is 3.14. The second-order valence-corrected chi connectivity index (χ2v) is 4.09. The van der Waals surface area contributed by atoms with Gasteiger partial charge >= 0.3 is 0 Å². The maximum atomic E-state index is 6.09. The number of hydrogen-bond acceptors (Lipinski definition) is 1. The van der Waals surface area contributed by atoms with Gasteiger partial charge in [0.2, 0.25) is 0 Å². The van der Waals surface area contributed by atoms with Gasteiger partial charge in [0.15, 0.2) is 0 Å². The number of nitrogens with two attached hydrogens (primary N) is 1. The van der Waals surface area contributed by atoms with Gasteiger partial charge in [-0.25, -0.2) is 0 Å². The van der Waals surface area contributed by atoms with Gasteiger partial charge in [-0.05, 0) is 36.4 Å². The van der Waals surface area contributed by atoms with Gasteiger partial charge < -0.3 is 5.73 Å². The van der Waals surface area contributed by atoms with Crippen LogP contribution in [0.3, 0.4) is 0 Å². The fourth-order valence-electron chi connectivity index (χ4n) is 1.76. The predicted molar refractivity (Wildman–Crippen MR) is 66.3 cm³/mol. The molecule has 0 spiro atoms. The highest BCUT2D eigenvalue weighted by molar-refractivity contribution is 6.35. The Morgan fingerprint density at radius 2 is 2.00 bits per heavy atom. The minimum Gasteiger partial charge on any atom is -0.330 e. The zero-order chi connectivity index (χ0) is 10.7. The summed E-state index contributed by atoms with van der Waals surface area (Å²) in [7, 11) is 0. The van der Waals surface area contributed by atoms with Gasteiger partial charge in [0.1, 0.15) is 0 Å². The van der Waals surface area contributed by atoms with E-state index >= 15 is 0 Å². The summed E-state index contributed by atoms with van der Waals surface area (Å²) in [5.74, 6) is 0. The molecule has 2 heteroatoms. The van der Waals surface area contributed by atoms with Gasteiger partial charge in [0.25, 0.3) is 0 Å². The van der Waals surface area contributed by atoms with Crippen molar-refractivity contribution >= 4 is 22.4 Å². The Balaban J connectivity index is 2.39. The van der Waals surface area contributed by atoms with Crippen molar-refractivity contribution in [2.24, 2.45) is 5.73 Å². The zero-order valence-corrected chi connectivity index (χ0v) is 9.30. The first kappa shape index (κ1) is 10.5. The number of aryl methyl sites for hydroxylation is 1. The third-order valence-electron chi connectivity index (χ3n) is 2.56. The predicted octanol–water partition coefficient (Wildman–Crippen LogP) is 3.38. The molecule has 0 aromatic heterocycles. The molecule has 0 fully saturated rings. The van der Waals surface area contributed by atoms with Crippen LogP contribution in [0.4, 0.5) is 0 Å². The molecule has 0 heterocycles. The van der Waals surface area contributed by atoms with Gasteiger partial charge in [-0.3, -0.25) is 0 Å². The van der Waals surface area contributed by atoms with Crippen LogP contribution >= 0.6 is 11.6 Å². The molecule has 0 atom stereocenters. The fourth-order valence-corrected chi connectivity index (χ4v) is 2.00. The van der Waals surface area contributed by atoms with Crippen molar-refractivity contribution in [2.75, 3.05) is 6.54 Å². The smallest absolute Gasteiger partial charge is 0.0484 e. The van der Waals surface area contributed by atoms with Crippen LogP contribution in [-0.4, -0.2) is 6.54 Å². The van der Waals surface area contributed by atoms with Crippen molar-refractivity contribution < 1.29 is 0 Å². The lowest BCUT2D eigenvalue weighted by molar-refractivity contribution is 0.833. The second kappa shape index (κ2) is 4.65. The summed E-state index contributed by atoms with van der Waals surface area (Å²) >= 11 is 6.09. The quantitative estimate of drug-likeness (QED) is 0.842. The lowest BCUT2D eigenvalue weighted by atomic mass is 10.0. The topological polar surface area (TPSA) is 26.0 Å². The Hall–Kier alpha value is -1.05. The molecule has 2 aromatic rings. The van der Waals surface area contributed by atoms with Crippen LogP contribution in [0.15, 0.2) is 36.4 Å². The molecule has 78 valence electrons. The number of halogens is 1. The van der Waals surface area contributed by atoms with E-state index in [0.29, 0.717) is 0 Å². The van der Waals surface area contributed by atoms with E-state index in [2.05, 4.69) is 24.3 Å². The number of fused-ring (bicyclic) bond motifs is 1. The first-order chi connectivity index (χ1) is 7.31. The maximum absolute atomic E-state index is 6.09. The standard InChI is InChI=1S/C13H14ClN/c14-13-5-1-4-11-9-10(3-2-8-15)6-7-12(11)13/h1,4-7,9H,2-3,8,15H2. The summed E-state index contributed by atoms with van der Waals surface area (Å²) in [4.78, 5) is 0. The number of rotatable bonds is 3. The van der Waals surface area contributed by atoms with E-state index in [-0.39, 0.29) is 0 Å². The SMILES string of the molecule is NCCCc1ccc2c(Cl)cccc2c1. The fraction of sp³-hybridized carbons (Fsp3) is 0.231. The third kappa shape index (κ3) is 2.31. The minimum atomic E-state index is 0.744. The lowest BCUT2D eigenvalue weighted by Gasteiger charge is -2.04. The molecule has 0 saturated heterocycles. The van der Waals surface area contributed by atoms with E-state index in [1.807, 2.05) is 12.1 Å². The molecule has 15 heavy (non-hydrogen) atoms. The zero-order valence-electron chi connectivity index (χ0n) is 8.54. The molecular formula is C13H14ClN. The van der Waals surface area contributed by atoms with Crippen molar-refractivity contribution in [3.8, 4) is 0 Å². The van der Waals surface area contributed by atoms with Crippen molar-refractivity contribution in [1.82, 2.24) is 0 Å². The highest BCUT2D eigenvalue weighted by Gasteiger charge is 1.99. The van der Waals surface area contributed by atoms with E-state index < -0.39 is 0 Å². The van der Waals surface area contributed by atoms with E-state index in [1.165, 1.54) is 10.9 Å². The third-order valence-corrected chi connectivity index (χ3v) is 2.89. The van der Waals surface area contributed by atoms with Crippen LogP contribution in [0.2, 0.25) is 5.02 Å². The number of benzene rings is 2. The number of hydrogen-bond donors (Lipinski definition) is 1. The van der Waals surface area contributed by atoms with Crippen molar-refractivity contribution in [3.05, 3.63) is 47.0 Å². The van der Waals surface area contributed by atoms with Crippen LogP contribution in [0.5, 0.6) is 0 Å². The van der Waals surface area contributed by atoms with Crippen molar-refractivity contribution in [2.45, 2.75) is 12.8 Å². The van der Waals surface area contributed by atoms with E-state index in [0.717, 1.165) is 29.8 Å². The average molecular weight is 220 g/mol. The molecule has 0 amide bonds. The normalized spacial score (nSPS) is 10.8. The molecule has 2 N–H and O–H groups in total. The molecule has 2 rings (SSSR count). The van der Waals surface area contributed by atoms with Crippen LogP contribution in [0.25, 0.3) is 10.8 Å². The summed E-state index contributed by atoms with van der Waals surface area (Å²) in [5.41, 5.74) is 6.82. The Bertz CT molecular complexity index is 465. The summed E-state index contributed by atoms with van der Waals surface area (Å²) in [6, 6.07) is 12.4. The minimum absolute atomic E-state index is 0.744. The molecule has 0 saturated carbocycles. The molecule has 1 nitrogen and oxygen atoms in total. The molecule has 2 aromatic carbocycles. The van der Waals surface area contributed by atoms with Crippen LogP contribution in [0.1, 0.15) is 12.0 Å². The monoisotopic (exact) mass is 219 g/mol. The maximum Gasteiger partial charge on any atom is 0.0484 e. The van der Waals surface area contributed by atoms with Crippen LogP contribution < -0.4 is 5.73 Å². The van der Waals surface area contributed by atoms with Crippen LogP contribution in [0, 0.1) is 0 Å².